The van der Waals surface area contributed by atoms with E-state index >= 15 is 8.78 Å². The van der Waals surface area contributed by atoms with Crippen LogP contribution in [0.3, 0.4) is 0 Å². The summed E-state index contributed by atoms with van der Waals surface area (Å²) in [5.74, 6) is 0.874. The van der Waals surface area contributed by atoms with E-state index in [1.807, 2.05) is 0 Å². The minimum atomic E-state index is -5.55. The highest BCUT2D eigenvalue weighted by molar-refractivity contribution is 8.34. The maximum absolute atomic E-state index is 16.9. The molecule has 0 heterocycles. The topological polar surface area (TPSA) is 69.7 Å². The van der Waals surface area contributed by atoms with Crippen LogP contribution in [-0.4, -0.2) is 31.2 Å². The molecule has 0 aliphatic heterocycles. The van der Waals surface area contributed by atoms with Gasteiger partial charge in [0.15, 0.2) is 0 Å². The van der Waals surface area contributed by atoms with Crippen molar-refractivity contribution in [3.05, 3.63) is 91.0 Å². The summed E-state index contributed by atoms with van der Waals surface area (Å²) < 4.78 is 72.5. The molecule has 40 heavy (non-hydrogen) atoms. The molecule has 7 rings (SSSR count). The lowest BCUT2D eigenvalue weighted by atomic mass is 9.54. The molecule has 0 saturated heterocycles. The van der Waals surface area contributed by atoms with Crippen molar-refractivity contribution in [2.45, 2.75) is 69.5 Å². The first-order valence-corrected chi connectivity index (χ1v) is 16.7. The molecule has 4 saturated carbocycles. The molecule has 1 unspecified atom stereocenters. The van der Waals surface area contributed by atoms with Crippen LogP contribution in [0.1, 0.15) is 38.5 Å². The summed E-state index contributed by atoms with van der Waals surface area (Å²) in [4.78, 5) is 13.3. The van der Waals surface area contributed by atoms with Gasteiger partial charge in [0, 0.05) is 14.7 Å². The second-order valence-electron chi connectivity index (χ2n) is 11.4. The van der Waals surface area contributed by atoms with E-state index in [0.717, 1.165) is 19.3 Å². The van der Waals surface area contributed by atoms with E-state index in [2.05, 4.69) is 0 Å². The molecule has 0 spiro atoms. The van der Waals surface area contributed by atoms with Crippen LogP contribution in [-0.2, 0) is 23.8 Å². The van der Waals surface area contributed by atoms with Crippen molar-refractivity contribution < 1.29 is 30.9 Å². The highest BCUT2D eigenvalue weighted by Crippen LogP contribution is 2.74. The van der Waals surface area contributed by atoms with E-state index in [1.165, 1.54) is 0 Å². The fraction of sp³-hybridized carbons (Fsp3) is 0.387. The third-order valence-electron chi connectivity index (χ3n) is 8.72. The quantitative estimate of drug-likeness (QED) is 0.183. The Hall–Kier alpha value is -2.75. The Morgan fingerprint density at radius 1 is 0.725 bits per heavy atom. The zero-order chi connectivity index (χ0) is 28.0. The van der Waals surface area contributed by atoms with Crippen LogP contribution >= 0.6 is 10.0 Å². The van der Waals surface area contributed by atoms with Gasteiger partial charge in [-0.3, -0.25) is 8.98 Å². The number of halogens is 2. The average Bonchev–Trinajstić information content (AvgIpc) is 2.93. The van der Waals surface area contributed by atoms with E-state index < -0.39 is 36.4 Å². The van der Waals surface area contributed by atoms with Crippen LogP contribution in [0.5, 0.6) is 0 Å². The molecule has 5 nitrogen and oxygen atoms in total. The first-order chi connectivity index (χ1) is 19.2. The normalized spacial score (nSPS) is 27.2. The van der Waals surface area contributed by atoms with Gasteiger partial charge in [0.1, 0.15) is 0 Å². The van der Waals surface area contributed by atoms with Crippen LogP contribution in [0.2, 0.25) is 0 Å². The fourth-order valence-corrected chi connectivity index (χ4v) is 13.4. The number of carbonyl (C=O) groups excluding carboxylic acids is 1. The monoisotopic (exact) mass is 586 g/mol. The molecule has 4 aliphatic rings. The Bertz CT molecular complexity index is 1320. The summed E-state index contributed by atoms with van der Waals surface area (Å²) in [5, 5.41) is -4.56. The summed E-state index contributed by atoms with van der Waals surface area (Å²) in [7, 11) is -8.75. The molecule has 3 aromatic rings. The van der Waals surface area contributed by atoms with Crippen LogP contribution in [0.4, 0.5) is 8.78 Å². The third-order valence-corrected chi connectivity index (χ3v) is 14.4. The number of benzene rings is 3. The van der Waals surface area contributed by atoms with Gasteiger partial charge in [-0.25, -0.2) is 0 Å². The third kappa shape index (κ3) is 4.46. The summed E-state index contributed by atoms with van der Waals surface area (Å²) >= 11 is 0. The molecule has 0 aromatic heterocycles. The standard InChI is InChI=1S/C31H32F2O5S2/c32-31(33,40(35,36)38-30-19-23-16-24(20-30)18-25(17-23)21-30)29(37-22-34)39(26-10-4-1-5-11-26,27-12-6-2-7-13-27)28-14-8-3-9-15-28/h1-15,22-25,29H,16-21H2. The van der Waals surface area contributed by atoms with Gasteiger partial charge in [0.2, 0.25) is 5.44 Å². The van der Waals surface area contributed by atoms with Gasteiger partial charge in [-0.05, 0) is 92.7 Å². The molecule has 9 heteroatoms. The van der Waals surface area contributed by atoms with Crippen molar-refractivity contribution in [2.75, 3.05) is 0 Å². The minimum absolute atomic E-state index is 0.0740. The molecule has 4 fully saturated rings. The van der Waals surface area contributed by atoms with E-state index in [4.69, 9.17) is 8.92 Å². The van der Waals surface area contributed by atoms with Gasteiger partial charge in [0.25, 0.3) is 6.47 Å². The summed E-state index contributed by atoms with van der Waals surface area (Å²) in [6.07, 6.45) is 4.38. The largest absolute Gasteiger partial charge is 0.446 e. The predicted octanol–water partition coefficient (Wildman–Crippen LogP) is 7.38. The molecule has 4 aliphatic carbocycles. The van der Waals surface area contributed by atoms with E-state index in [9.17, 15) is 13.2 Å². The Kier molecular flexibility index (Phi) is 7.04. The second-order valence-corrected chi connectivity index (χ2v) is 16.1. The second kappa shape index (κ2) is 10.3. The highest BCUT2D eigenvalue weighted by atomic mass is 32.3. The van der Waals surface area contributed by atoms with Gasteiger partial charge in [-0.2, -0.15) is 17.2 Å². The fourth-order valence-electron chi connectivity index (χ4n) is 7.64. The van der Waals surface area contributed by atoms with E-state index in [0.29, 0.717) is 51.7 Å². The Balaban J connectivity index is 1.53. The molecule has 212 valence electrons. The van der Waals surface area contributed by atoms with E-state index in [-0.39, 0.29) is 6.47 Å². The summed E-state index contributed by atoms with van der Waals surface area (Å²) in [6.45, 7) is -0.0740. The minimum Gasteiger partial charge on any atom is -0.446 e. The number of rotatable bonds is 10. The van der Waals surface area contributed by atoms with Gasteiger partial charge < -0.3 is 4.74 Å². The first kappa shape index (κ1) is 27.4. The zero-order valence-electron chi connectivity index (χ0n) is 21.9. The van der Waals surface area contributed by atoms with Crippen molar-refractivity contribution in [3.63, 3.8) is 0 Å². The molecule has 1 atom stereocenters. The molecule has 4 bridgehead atoms. The van der Waals surface area contributed by atoms with E-state index in [1.54, 1.807) is 91.0 Å². The van der Waals surface area contributed by atoms with Crippen LogP contribution in [0, 0.1) is 17.8 Å². The lowest BCUT2D eigenvalue weighted by Crippen LogP contribution is -2.56. The van der Waals surface area contributed by atoms with Crippen LogP contribution < -0.4 is 0 Å². The zero-order valence-corrected chi connectivity index (χ0v) is 23.5. The Morgan fingerprint density at radius 3 is 1.45 bits per heavy atom. The molecular weight excluding hydrogens is 554 g/mol. The van der Waals surface area contributed by atoms with Gasteiger partial charge >= 0.3 is 15.4 Å². The lowest BCUT2D eigenvalue weighted by molar-refractivity contribution is -0.140. The van der Waals surface area contributed by atoms with Crippen molar-refractivity contribution in [1.82, 2.24) is 0 Å². The number of hydrogen-bond acceptors (Lipinski definition) is 5. The number of alkyl halides is 2. The summed E-state index contributed by atoms with van der Waals surface area (Å²) in [6, 6.07) is 25.6. The van der Waals surface area contributed by atoms with Crippen molar-refractivity contribution in [3.8, 4) is 0 Å². The van der Waals surface area contributed by atoms with Crippen LogP contribution in [0.15, 0.2) is 106 Å². The molecule has 3 aromatic carbocycles. The number of ether oxygens (including phenoxy) is 1. The van der Waals surface area contributed by atoms with Crippen molar-refractivity contribution in [2.24, 2.45) is 17.8 Å². The summed E-state index contributed by atoms with van der Waals surface area (Å²) in [5.41, 5.74) is -3.52. The van der Waals surface area contributed by atoms with Gasteiger partial charge in [0.05, 0.1) is 5.60 Å². The highest BCUT2D eigenvalue weighted by Gasteiger charge is 2.65. The van der Waals surface area contributed by atoms with Gasteiger partial charge in [-0.15, -0.1) is 10.0 Å². The average molecular weight is 587 g/mol. The first-order valence-electron chi connectivity index (χ1n) is 13.6. The molecule has 0 amide bonds. The van der Waals surface area contributed by atoms with Crippen LogP contribution in [0.25, 0.3) is 0 Å². The van der Waals surface area contributed by atoms with Gasteiger partial charge in [-0.1, -0.05) is 54.6 Å². The maximum atomic E-state index is 16.9. The number of hydrogen-bond donors (Lipinski definition) is 0. The SMILES string of the molecule is O=COC(C(F)(F)S(=O)(=O)OC12CC3CC(CC(C3)C1)C2)S(c1ccccc1)(c1ccccc1)c1ccccc1. The lowest BCUT2D eigenvalue weighted by Gasteiger charge is -2.56. The molecule has 0 radical (unpaired) electrons. The Morgan fingerprint density at radius 2 is 1.10 bits per heavy atom. The molecular formula is C31H32F2O5S2. The Labute approximate surface area is 235 Å². The molecule has 0 N–H and O–H groups in total. The van der Waals surface area contributed by atoms with Crippen molar-refractivity contribution >= 4 is 26.6 Å². The number of carbonyl (C=O) groups is 1. The van der Waals surface area contributed by atoms with Crippen molar-refractivity contribution in [1.29, 1.82) is 0 Å². The maximum Gasteiger partial charge on any atom is 0.414 e. The smallest absolute Gasteiger partial charge is 0.414 e. The predicted molar refractivity (Wildman–Crippen MR) is 149 cm³/mol.